The molecular weight excluding hydrogens is 382 g/mol. The minimum absolute atomic E-state index is 0.110. The van der Waals surface area contributed by atoms with Gasteiger partial charge >= 0.3 is 0 Å². The lowest BCUT2D eigenvalue weighted by atomic mass is 10.1. The molecular formula is C18H13N5O4S. The molecule has 1 atom stereocenters. The highest BCUT2D eigenvalue weighted by Gasteiger charge is 2.21. The highest BCUT2D eigenvalue weighted by molar-refractivity contribution is 7.91. The summed E-state index contributed by atoms with van der Waals surface area (Å²) in [6.45, 7) is 1.53. The number of amides is 1. The van der Waals surface area contributed by atoms with Gasteiger partial charge in [0.25, 0.3) is 5.91 Å². The van der Waals surface area contributed by atoms with Gasteiger partial charge < -0.3 is 14.2 Å². The molecule has 0 bridgehead atoms. The van der Waals surface area contributed by atoms with E-state index in [-0.39, 0.29) is 17.3 Å². The standard InChI is InChI=1S/C18H13N5O4S/c1-11-15(10-22-27-11)16(24)14(7-19)17(25)23-18-20-8-13(9-21-18)28(26)12-5-3-2-4-6-12/h2-6,8-10,24H,1H3,(H,20,21,23,25)/b16-14-. The number of nitrogens with one attached hydrogen (secondary N) is 1. The van der Waals surface area contributed by atoms with Gasteiger partial charge in [-0.15, -0.1) is 0 Å². The Labute approximate surface area is 162 Å². The maximum atomic E-state index is 12.4. The van der Waals surface area contributed by atoms with Crippen LogP contribution in [0.4, 0.5) is 5.95 Å². The van der Waals surface area contributed by atoms with Crippen LogP contribution in [-0.2, 0) is 16.0 Å². The number of aryl methyl sites for hydroxylation is 1. The molecule has 0 saturated carbocycles. The molecule has 3 rings (SSSR count). The summed E-state index contributed by atoms with van der Waals surface area (Å²) in [4.78, 5) is 21.1. The smallest absolute Gasteiger partial charge is 0.272 e. The fourth-order valence-corrected chi connectivity index (χ4v) is 3.17. The number of aliphatic hydroxyl groups is 1. The molecule has 0 saturated heterocycles. The zero-order valence-electron chi connectivity index (χ0n) is 14.5. The molecule has 140 valence electrons. The van der Waals surface area contributed by atoms with Gasteiger partial charge in [-0.25, -0.2) is 9.97 Å². The molecule has 3 aromatic rings. The average molecular weight is 395 g/mol. The van der Waals surface area contributed by atoms with Gasteiger partial charge in [-0.3, -0.25) is 10.1 Å². The number of anilines is 1. The third-order valence-electron chi connectivity index (χ3n) is 3.61. The number of carbonyl (C=O) groups is 1. The van der Waals surface area contributed by atoms with E-state index in [1.54, 1.807) is 30.3 Å². The van der Waals surface area contributed by atoms with Gasteiger partial charge in [0, 0.05) is 11.2 Å². The number of hydrogen-bond acceptors (Lipinski definition) is 8. The van der Waals surface area contributed by atoms with Crippen LogP contribution in [-0.4, -0.2) is 30.7 Å². The summed E-state index contributed by atoms with van der Waals surface area (Å²) in [5, 5.41) is 25.2. The lowest BCUT2D eigenvalue weighted by molar-refractivity contribution is -0.112. The molecule has 10 heteroatoms. The first kappa shape index (κ1) is 19.1. The molecule has 0 aliphatic rings. The Balaban J connectivity index is 1.77. The number of nitrogens with zero attached hydrogens (tertiary/aromatic N) is 4. The van der Waals surface area contributed by atoms with Crippen molar-refractivity contribution in [1.82, 2.24) is 15.1 Å². The number of hydrogen-bond donors (Lipinski definition) is 2. The van der Waals surface area contributed by atoms with Crippen LogP contribution in [0.2, 0.25) is 0 Å². The van der Waals surface area contributed by atoms with Crippen molar-refractivity contribution in [3.63, 3.8) is 0 Å². The summed E-state index contributed by atoms with van der Waals surface area (Å²) in [5.74, 6) is -1.33. The van der Waals surface area contributed by atoms with Crippen molar-refractivity contribution in [3.05, 3.63) is 65.8 Å². The number of nitriles is 1. The van der Waals surface area contributed by atoms with Crippen LogP contribution in [0, 0.1) is 18.3 Å². The van der Waals surface area contributed by atoms with E-state index < -0.39 is 28.4 Å². The Kier molecular flexibility index (Phi) is 5.69. The molecule has 0 spiro atoms. The quantitative estimate of drug-likeness (QED) is 0.289. The number of rotatable bonds is 5. The summed E-state index contributed by atoms with van der Waals surface area (Å²) in [5.41, 5.74) is -0.423. The van der Waals surface area contributed by atoms with E-state index in [2.05, 4.69) is 20.4 Å². The normalized spacial score (nSPS) is 12.6. The molecule has 0 aliphatic heterocycles. The zero-order valence-corrected chi connectivity index (χ0v) is 15.3. The minimum Gasteiger partial charge on any atom is -0.606 e. The van der Waals surface area contributed by atoms with Gasteiger partial charge in [0.2, 0.25) is 5.95 Å². The molecule has 28 heavy (non-hydrogen) atoms. The van der Waals surface area contributed by atoms with Gasteiger partial charge in [-0.05, 0) is 19.1 Å². The highest BCUT2D eigenvalue weighted by Crippen LogP contribution is 2.21. The van der Waals surface area contributed by atoms with Crippen LogP contribution in [0.3, 0.4) is 0 Å². The van der Waals surface area contributed by atoms with Crippen LogP contribution in [0.5, 0.6) is 0 Å². The number of aliphatic hydroxyl groups excluding tert-OH is 1. The SMILES string of the molecule is Cc1oncc1/C(O)=C(\C#N)C(=O)Nc1ncc([S+]([O-])c2ccccc2)cn1. The average Bonchev–Trinajstić information content (AvgIpc) is 3.15. The van der Waals surface area contributed by atoms with Gasteiger partial charge in [-0.2, -0.15) is 5.26 Å². The first-order valence-corrected chi connectivity index (χ1v) is 9.01. The Morgan fingerprint density at radius 1 is 1.21 bits per heavy atom. The molecule has 1 amide bonds. The van der Waals surface area contributed by atoms with E-state index in [0.717, 1.165) is 0 Å². The largest absolute Gasteiger partial charge is 0.606 e. The monoisotopic (exact) mass is 395 g/mol. The maximum Gasteiger partial charge on any atom is 0.272 e. The third-order valence-corrected chi connectivity index (χ3v) is 4.95. The van der Waals surface area contributed by atoms with E-state index in [1.807, 2.05) is 6.07 Å². The second-order valence-corrected chi connectivity index (χ2v) is 6.89. The summed E-state index contributed by atoms with van der Waals surface area (Å²) in [7, 11) is 0. The third kappa shape index (κ3) is 4.01. The van der Waals surface area contributed by atoms with E-state index in [9.17, 15) is 19.7 Å². The van der Waals surface area contributed by atoms with E-state index in [1.165, 1.54) is 25.5 Å². The van der Waals surface area contributed by atoms with E-state index in [4.69, 9.17) is 4.52 Å². The molecule has 0 radical (unpaired) electrons. The summed E-state index contributed by atoms with van der Waals surface area (Å²) >= 11 is -1.47. The summed E-state index contributed by atoms with van der Waals surface area (Å²) in [6.07, 6.45) is 3.82. The lowest BCUT2D eigenvalue weighted by Gasteiger charge is -2.09. The Morgan fingerprint density at radius 2 is 1.89 bits per heavy atom. The van der Waals surface area contributed by atoms with Gasteiger partial charge in [-0.1, -0.05) is 23.4 Å². The maximum absolute atomic E-state index is 12.4. The van der Waals surface area contributed by atoms with Crippen molar-refractivity contribution in [2.24, 2.45) is 0 Å². The Bertz CT molecular complexity index is 1060. The second kappa shape index (κ2) is 8.34. The first-order valence-electron chi connectivity index (χ1n) is 7.86. The van der Waals surface area contributed by atoms with Gasteiger partial charge in [0.15, 0.2) is 21.1 Å². The molecule has 0 aliphatic carbocycles. The molecule has 1 unspecified atom stereocenters. The Morgan fingerprint density at radius 3 is 2.46 bits per heavy atom. The van der Waals surface area contributed by atoms with Gasteiger partial charge in [0.1, 0.15) is 11.8 Å². The van der Waals surface area contributed by atoms with Crippen molar-refractivity contribution in [3.8, 4) is 6.07 Å². The zero-order chi connectivity index (χ0) is 20.1. The van der Waals surface area contributed by atoms with E-state index >= 15 is 0 Å². The topological polar surface area (TPSA) is 148 Å². The Hall–Kier alpha value is -3.68. The lowest BCUT2D eigenvalue weighted by Crippen LogP contribution is -2.17. The van der Waals surface area contributed by atoms with Crippen molar-refractivity contribution in [1.29, 1.82) is 5.26 Å². The van der Waals surface area contributed by atoms with Crippen molar-refractivity contribution < 1.29 is 19.0 Å². The fraction of sp³-hybridized carbons (Fsp3) is 0.0556. The predicted molar refractivity (Wildman–Crippen MR) is 98.2 cm³/mol. The molecule has 2 heterocycles. The first-order chi connectivity index (χ1) is 13.5. The molecule has 0 fully saturated rings. The number of benzene rings is 1. The highest BCUT2D eigenvalue weighted by atomic mass is 32.2. The van der Waals surface area contributed by atoms with Crippen molar-refractivity contribution >= 4 is 28.8 Å². The number of aromatic nitrogens is 3. The van der Waals surface area contributed by atoms with E-state index in [0.29, 0.717) is 9.79 Å². The van der Waals surface area contributed by atoms with Crippen LogP contribution in [0.1, 0.15) is 11.3 Å². The molecule has 2 aromatic heterocycles. The van der Waals surface area contributed by atoms with Crippen LogP contribution < -0.4 is 5.32 Å². The van der Waals surface area contributed by atoms with Crippen LogP contribution >= 0.6 is 0 Å². The van der Waals surface area contributed by atoms with Gasteiger partial charge in [0.05, 0.1) is 24.2 Å². The van der Waals surface area contributed by atoms with Crippen molar-refractivity contribution in [2.75, 3.05) is 5.32 Å². The molecule has 9 nitrogen and oxygen atoms in total. The number of carbonyl (C=O) groups excluding carboxylic acids is 1. The van der Waals surface area contributed by atoms with Crippen LogP contribution in [0.15, 0.2) is 68.8 Å². The second-order valence-electron chi connectivity index (χ2n) is 5.41. The minimum atomic E-state index is -1.47. The molecule has 2 N–H and O–H groups in total. The summed E-state index contributed by atoms with van der Waals surface area (Å²) in [6, 6.07) is 10.4. The van der Waals surface area contributed by atoms with Crippen molar-refractivity contribution in [2.45, 2.75) is 16.7 Å². The predicted octanol–water partition coefficient (Wildman–Crippen LogP) is 2.37. The van der Waals surface area contributed by atoms with Crippen LogP contribution in [0.25, 0.3) is 5.76 Å². The fourth-order valence-electron chi connectivity index (χ4n) is 2.19. The summed E-state index contributed by atoms with van der Waals surface area (Å²) < 4.78 is 17.2. The molecule has 1 aromatic carbocycles.